The molecule has 0 saturated heterocycles. The summed E-state index contributed by atoms with van der Waals surface area (Å²) in [5.41, 5.74) is 3.79. The Labute approximate surface area is 167 Å². The maximum atomic E-state index is 13.8. The fourth-order valence-corrected chi connectivity index (χ4v) is 4.82. The number of fused-ring (bicyclic) bond motifs is 1. The zero-order valence-corrected chi connectivity index (χ0v) is 16.4. The second kappa shape index (κ2) is 8.00. The normalized spacial score (nSPS) is 14.0. The van der Waals surface area contributed by atoms with Crippen LogP contribution >= 0.6 is 0 Å². The van der Waals surface area contributed by atoms with Gasteiger partial charge in [0, 0.05) is 24.0 Å². The number of hydrogen-bond acceptors (Lipinski definition) is 4. The SMILES string of the molecule is O=S(=O)(NCCn1nc(-c2ccccn2)c2c1CCCC2)c1c(F)cccc1F. The molecule has 4 rings (SSSR count). The van der Waals surface area contributed by atoms with Gasteiger partial charge in [-0.3, -0.25) is 9.67 Å². The predicted octanol–water partition coefficient (Wildman–Crippen LogP) is 3.08. The molecule has 152 valence electrons. The number of hydrogen-bond donors (Lipinski definition) is 1. The van der Waals surface area contributed by atoms with E-state index in [1.54, 1.807) is 10.9 Å². The Morgan fingerprint density at radius 1 is 1.03 bits per heavy atom. The minimum absolute atomic E-state index is 0.0358. The lowest BCUT2D eigenvalue weighted by atomic mass is 9.95. The van der Waals surface area contributed by atoms with E-state index in [4.69, 9.17) is 0 Å². The number of benzene rings is 1. The van der Waals surface area contributed by atoms with E-state index < -0.39 is 26.6 Å². The van der Waals surface area contributed by atoms with Crippen molar-refractivity contribution in [1.82, 2.24) is 19.5 Å². The molecular formula is C20H20F2N4O2S. The van der Waals surface area contributed by atoms with E-state index in [2.05, 4.69) is 14.8 Å². The summed E-state index contributed by atoms with van der Waals surface area (Å²) in [5.74, 6) is -2.24. The van der Waals surface area contributed by atoms with Crippen LogP contribution < -0.4 is 4.72 Å². The quantitative estimate of drug-likeness (QED) is 0.668. The number of sulfonamides is 1. The van der Waals surface area contributed by atoms with E-state index in [1.807, 2.05) is 18.2 Å². The van der Waals surface area contributed by atoms with E-state index in [0.717, 1.165) is 66.5 Å². The van der Waals surface area contributed by atoms with Crippen LogP contribution in [0.1, 0.15) is 24.1 Å². The molecule has 9 heteroatoms. The minimum Gasteiger partial charge on any atom is -0.267 e. The van der Waals surface area contributed by atoms with Gasteiger partial charge >= 0.3 is 0 Å². The zero-order valence-electron chi connectivity index (χ0n) is 15.6. The first-order valence-corrected chi connectivity index (χ1v) is 10.9. The minimum atomic E-state index is -4.31. The van der Waals surface area contributed by atoms with E-state index >= 15 is 0 Å². The van der Waals surface area contributed by atoms with E-state index in [9.17, 15) is 17.2 Å². The Morgan fingerprint density at radius 3 is 2.52 bits per heavy atom. The summed E-state index contributed by atoms with van der Waals surface area (Å²) in [7, 11) is -4.31. The van der Waals surface area contributed by atoms with Gasteiger partial charge in [-0.15, -0.1) is 0 Å². The van der Waals surface area contributed by atoms with Crippen LogP contribution in [-0.4, -0.2) is 29.7 Å². The highest BCUT2D eigenvalue weighted by atomic mass is 32.2. The maximum Gasteiger partial charge on any atom is 0.246 e. The summed E-state index contributed by atoms with van der Waals surface area (Å²) in [6, 6.07) is 8.59. The van der Waals surface area contributed by atoms with Crippen molar-refractivity contribution in [3.63, 3.8) is 0 Å². The summed E-state index contributed by atoms with van der Waals surface area (Å²) < 4.78 is 56.4. The van der Waals surface area contributed by atoms with Gasteiger partial charge in [-0.2, -0.15) is 5.10 Å². The van der Waals surface area contributed by atoms with Crippen LogP contribution in [0.5, 0.6) is 0 Å². The molecule has 3 aromatic rings. The Hall–Kier alpha value is -2.65. The molecule has 6 nitrogen and oxygen atoms in total. The summed E-state index contributed by atoms with van der Waals surface area (Å²) in [4.78, 5) is 3.42. The van der Waals surface area contributed by atoms with E-state index in [0.29, 0.717) is 0 Å². The number of nitrogens with zero attached hydrogens (tertiary/aromatic N) is 3. The summed E-state index contributed by atoms with van der Waals surface area (Å²) in [5, 5.41) is 4.66. The molecule has 0 amide bonds. The van der Waals surface area contributed by atoms with Crippen molar-refractivity contribution in [3.05, 3.63) is 65.5 Å². The smallest absolute Gasteiger partial charge is 0.246 e. The molecular weight excluding hydrogens is 398 g/mol. The first-order chi connectivity index (χ1) is 14.0. The van der Waals surface area contributed by atoms with Crippen LogP contribution in [0.25, 0.3) is 11.4 Å². The Bertz CT molecular complexity index is 1110. The van der Waals surface area contributed by atoms with E-state index in [-0.39, 0.29) is 13.1 Å². The molecule has 1 aliphatic carbocycles. The molecule has 1 N–H and O–H groups in total. The molecule has 0 atom stereocenters. The van der Waals surface area contributed by atoms with Crippen molar-refractivity contribution in [3.8, 4) is 11.4 Å². The van der Waals surface area contributed by atoms with Gasteiger partial charge in [-0.25, -0.2) is 21.9 Å². The zero-order chi connectivity index (χ0) is 20.4. The number of aromatic nitrogens is 3. The topological polar surface area (TPSA) is 76.9 Å². The van der Waals surface area contributed by atoms with Gasteiger partial charge in [0.05, 0.1) is 12.2 Å². The first kappa shape index (κ1) is 19.7. The highest BCUT2D eigenvalue weighted by Gasteiger charge is 2.25. The van der Waals surface area contributed by atoms with Crippen molar-refractivity contribution < 1.29 is 17.2 Å². The first-order valence-electron chi connectivity index (χ1n) is 9.41. The Morgan fingerprint density at radius 2 is 1.79 bits per heavy atom. The van der Waals surface area contributed by atoms with E-state index in [1.165, 1.54) is 0 Å². The van der Waals surface area contributed by atoms with Gasteiger partial charge in [0.15, 0.2) is 4.90 Å². The lowest BCUT2D eigenvalue weighted by Crippen LogP contribution is -2.29. The van der Waals surface area contributed by atoms with Gasteiger partial charge in [0.1, 0.15) is 17.3 Å². The van der Waals surface area contributed by atoms with Crippen molar-refractivity contribution >= 4 is 10.0 Å². The van der Waals surface area contributed by atoms with Crippen LogP contribution in [0.15, 0.2) is 47.5 Å². The lowest BCUT2D eigenvalue weighted by Gasteiger charge is -2.14. The third kappa shape index (κ3) is 3.92. The van der Waals surface area contributed by atoms with Crippen molar-refractivity contribution in [1.29, 1.82) is 0 Å². The summed E-state index contributed by atoms with van der Waals surface area (Å²) in [6.45, 7) is 0.219. The summed E-state index contributed by atoms with van der Waals surface area (Å²) in [6.07, 6.45) is 5.56. The second-order valence-corrected chi connectivity index (χ2v) is 8.57. The van der Waals surface area contributed by atoms with Gasteiger partial charge in [-0.1, -0.05) is 12.1 Å². The van der Waals surface area contributed by atoms with Gasteiger partial charge in [-0.05, 0) is 49.9 Å². The number of nitrogens with one attached hydrogen (secondary N) is 1. The molecule has 0 aliphatic heterocycles. The predicted molar refractivity (Wildman–Crippen MR) is 104 cm³/mol. The third-order valence-electron chi connectivity index (χ3n) is 4.97. The highest BCUT2D eigenvalue weighted by molar-refractivity contribution is 7.89. The van der Waals surface area contributed by atoms with Crippen LogP contribution in [-0.2, 0) is 29.4 Å². The van der Waals surface area contributed by atoms with Crippen LogP contribution in [0.4, 0.5) is 8.78 Å². The molecule has 2 aromatic heterocycles. The monoisotopic (exact) mass is 418 g/mol. The average molecular weight is 418 g/mol. The maximum absolute atomic E-state index is 13.8. The lowest BCUT2D eigenvalue weighted by molar-refractivity contribution is 0.507. The van der Waals surface area contributed by atoms with Crippen LogP contribution in [0, 0.1) is 11.6 Å². The Balaban J connectivity index is 1.56. The number of halogens is 2. The number of pyridine rings is 1. The molecule has 0 bridgehead atoms. The molecule has 0 radical (unpaired) electrons. The van der Waals surface area contributed by atoms with Gasteiger partial charge in [0.2, 0.25) is 10.0 Å². The standard InChI is InChI=1S/C20H20F2N4O2S/c21-15-7-5-8-16(22)20(15)29(27,28)24-12-13-26-18-10-2-1-6-14(18)19(25-26)17-9-3-4-11-23-17/h3-5,7-9,11,24H,1-2,6,10,12-13H2. The molecule has 0 saturated carbocycles. The molecule has 0 fully saturated rings. The molecule has 0 spiro atoms. The fourth-order valence-electron chi connectivity index (χ4n) is 3.66. The fraction of sp³-hybridized carbons (Fsp3) is 0.300. The summed E-state index contributed by atoms with van der Waals surface area (Å²) >= 11 is 0. The third-order valence-corrected chi connectivity index (χ3v) is 6.48. The molecule has 2 heterocycles. The average Bonchev–Trinajstić information content (AvgIpc) is 3.07. The van der Waals surface area contributed by atoms with Crippen molar-refractivity contribution in [2.24, 2.45) is 0 Å². The van der Waals surface area contributed by atoms with Crippen LogP contribution in [0.3, 0.4) is 0 Å². The second-order valence-electron chi connectivity index (χ2n) is 6.87. The largest absolute Gasteiger partial charge is 0.267 e. The molecule has 29 heavy (non-hydrogen) atoms. The van der Waals surface area contributed by atoms with Gasteiger partial charge in [0.25, 0.3) is 0 Å². The van der Waals surface area contributed by atoms with Crippen molar-refractivity contribution in [2.45, 2.75) is 37.1 Å². The molecule has 1 aromatic carbocycles. The highest BCUT2D eigenvalue weighted by Crippen LogP contribution is 2.30. The number of rotatable bonds is 6. The van der Waals surface area contributed by atoms with Crippen molar-refractivity contribution in [2.75, 3.05) is 6.54 Å². The molecule has 0 unspecified atom stereocenters. The Kier molecular flexibility index (Phi) is 5.42. The molecule has 1 aliphatic rings. The van der Waals surface area contributed by atoms with Gasteiger partial charge < -0.3 is 0 Å². The van der Waals surface area contributed by atoms with Crippen LogP contribution in [0.2, 0.25) is 0 Å².